The van der Waals surface area contributed by atoms with E-state index in [2.05, 4.69) is 27.3 Å². The van der Waals surface area contributed by atoms with Gasteiger partial charge in [0.05, 0.1) is 0 Å². The van der Waals surface area contributed by atoms with Gasteiger partial charge in [-0.05, 0) is 31.5 Å². The maximum Gasteiger partial charge on any atom is 0.266 e. The average Bonchev–Trinajstić information content (AvgIpc) is 2.69. The molecule has 0 radical (unpaired) electrons. The van der Waals surface area contributed by atoms with Crippen LogP contribution in [0.5, 0.6) is 0 Å². The fourth-order valence-electron chi connectivity index (χ4n) is 2.39. The van der Waals surface area contributed by atoms with Crippen LogP contribution in [0.2, 0.25) is 0 Å². The van der Waals surface area contributed by atoms with Crippen LogP contribution in [-0.4, -0.2) is 36.3 Å². The molecule has 1 fully saturated rings. The second-order valence-electron chi connectivity index (χ2n) is 4.99. The van der Waals surface area contributed by atoms with Crippen LogP contribution in [0.25, 0.3) is 0 Å². The number of rotatable bonds is 5. The van der Waals surface area contributed by atoms with E-state index in [-0.39, 0.29) is 0 Å². The van der Waals surface area contributed by atoms with E-state index in [4.69, 9.17) is 4.52 Å². The first-order chi connectivity index (χ1) is 8.83. The van der Waals surface area contributed by atoms with E-state index >= 15 is 0 Å². The molecule has 1 aromatic heterocycles. The van der Waals surface area contributed by atoms with E-state index in [1.165, 1.54) is 25.7 Å². The van der Waals surface area contributed by atoms with Gasteiger partial charge < -0.3 is 14.7 Å². The topological polar surface area (TPSA) is 54.2 Å². The van der Waals surface area contributed by atoms with Gasteiger partial charge in [0, 0.05) is 25.6 Å². The maximum atomic E-state index is 5.35. The maximum absolute atomic E-state index is 5.35. The van der Waals surface area contributed by atoms with Gasteiger partial charge in [-0.1, -0.05) is 19.8 Å². The molecule has 1 saturated heterocycles. The summed E-state index contributed by atoms with van der Waals surface area (Å²) in [7, 11) is 1.97. The first-order valence-electron chi connectivity index (χ1n) is 7.08. The Morgan fingerprint density at radius 1 is 1.28 bits per heavy atom. The number of nitrogens with one attached hydrogen (secondary N) is 1. The zero-order valence-electron chi connectivity index (χ0n) is 11.5. The summed E-state index contributed by atoms with van der Waals surface area (Å²) in [6.07, 6.45) is 6.99. The molecule has 1 aromatic rings. The Labute approximate surface area is 109 Å². The largest absolute Gasteiger partial charge is 0.338 e. The molecule has 1 aliphatic heterocycles. The van der Waals surface area contributed by atoms with Gasteiger partial charge >= 0.3 is 0 Å². The summed E-state index contributed by atoms with van der Waals surface area (Å²) in [6, 6.07) is 0.419. The van der Waals surface area contributed by atoms with Gasteiger partial charge in [0.15, 0.2) is 0 Å². The highest BCUT2D eigenvalue weighted by molar-refractivity contribution is 5.27. The SMILES string of the molecule is CCC(Cc1nc(N2CCCCCC2)no1)NC. The Balaban J connectivity index is 1.96. The van der Waals surface area contributed by atoms with Gasteiger partial charge in [-0.2, -0.15) is 4.98 Å². The van der Waals surface area contributed by atoms with Crippen LogP contribution in [0.3, 0.4) is 0 Å². The van der Waals surface area contributed by atoms with E-state index in [9.17, 15) is 0 Å². The van der Waals surface area contributed by atoms with Crippen molar-refractivity contribution in [2.45, 2.75) is 51.5 Å². The zero-order chi connectivity index (χ0) is 12.8. The lowest BCUT2D eigenvalue weighted by atomic mass is 10.1. The predicted octanol–water partition coefficient (Wildman–Crippen LogP) is 1.99. The molecule has 2 heterocycles. The third-order valence-corrected chi connectivity index (χ3v) is 3.67. The van der Waals surface area contributed by atoms with Gasteiger partial charge in [0.2, 0.25) is 5.89 Å². The minimum absolute atomic E-state index is 0.419. The minimum Gasteiger partial charge on any atom is -0.338 e. The Hall–Kier alpha value is -1.10. The van der Waals surface area contributed by atoms with Crippen LogP contribution < -0.4 is 10.2 Å². The van der Waals surface area contributed by atoms with E-state index in [1.807, 2.05) is 7.05 Å². The number of nitrogens with zero attached hydrogens (tertiary/aromatic N) is 3. The molecule has 1 atom stereocenters. The van der Waals surface area contributed by atoms with Crippen LogP contribution in [-0.2, 0) is 6.42 Å². The molecule has 1 aliphatic rings. The van der Waals surface area contributed by atoms with Crippen LogP contribution in [0.4, 0.5) is 5.95 Å². The monoisotopic (exact) mass is 252 g/mol. The fourth-order valence-corrected chi connectivity index (χ4v) is 2.39. The molecule has 0 saturated carbocycles. The summed E-state index contributed by atoms with van der Waals surface area (Å²) in [5.74, 6) is 1.52. The Morgan fingerprint density at radius 2 is 2.00 bits per heavy atom. The van der Waals surface area contributed by atoms with Crippen molar-refractivity contribution in [3.05, 3.63) is 5.89 Å². The van der Waals surface area contributed by atoms with Gasteiger partial charge in [-0.15, -0.1) is 0 Å². The molecule has 0 amide bonds. The second kappa shape index (κ2) is 6.73. The number of hydrogen-bond donors (Lipinski definition) is 1. The molecule has 0 bridgehead atoms. The summed E-state index contributed by atoms with van der Waals surface area (Å²) in [6.45, 7) is 4.28. The van der Waals surface area contributed by atoms with Crippen molar-refractivity contribution in [2.24, 2.45) is 0 Å². The molecule has 0 aliphatic carbocycles. The highest BCUT2D eigenvalue weighted by Crippen LogP contribution is 2.16. The molecule has 5 heteroatoms. The predicted molar refractivity (Wildman–Crippen MR) is 71.8 cm³/mol. The van der Waals surface area contributed by atoms with Crippen molar-refractivity contribution in [1.29, 1.82) is 0 Å². The van der Waals surface area contributed by atoms with Crippen LogP contribution >= 0.6 is 0 Å². The minimum atomic E-state index is 0.419. The first-order valence-corrected chi connectivity index (χ1v) is 7.08. The van der Waals surface area contributed by atoms with E-state index in [1.54, 1.807) is 0 Å². The van der Waals surface area contributed by atoms with Crippen molar-refractivity contribution in [1.82, 2.24) is 15.5 Å². The van der Waals surface area contributed by atoms with Crippen molar-refractivity contribution in [3.63, 3.8) is 0 Å². The summed E-state index contributed by atoms with van der Waals surface area (Å²) in [5, 5.41) is 7.37. The highest BCUT2D eigenvalue weighted by atomic mass is 16.5. The number of anilines is 1. The second-order valence-corrected chi connectivity index (χ2v) is 4.99. The van der Waals surface area contributed by atoms with Crippen molar-refractivity contribution < 1.29 is 4.52 Å². The smallest absolute Gasteiger partial charge is 0.266 e. The third-order valence-electron chi connectivity index (χ3n) is 3.67. The molecule has 0 spiro atoms. The number of hydrogen-bond acceptors (Lipinski definition) is 5. The average molecular weight is 252 g/mol. The molecule has 18 heavy (non-hydrogen) atoms. The first kappa shape index (κ1) is 13.3. The standard InChI is InChI=1S/C13H24N4O/c1-3-11(14-2)10-12-15-13(16-18-12)17-8-6-4-5-7-9-17/h11,14H,3-10H2,1-2H3. The van der Waals surface area contributed by atoms with E-state index < -0.39 is 0 Å². The molecule has 1 unspecified atom stereocenters. The van der Waals surface area contributed by atoms with Crippen molar-refractivity contribution in [3.8, 4) is 0 Å². The lowest BCUT2D eigenvalue weighted by molar-refractivity contribution is 0.358. The number of aromatic nitrogens is 2. The fraction of sp³-hybridized carbons (Fsp3) is 0.846. The Bertz CT molecular complexity index is 341. The molecule has 2 rings (SSSR count). The summed E-state index contributed by atoms with van der Waals surface area (Å²) in [4.78, 5) is 6.77. The third kappa shape index (κ3) is 3.45. The van der Waals surface area contributed by atoms with Gasteiger partial charge in [-0.3, -0.25) is 0 Å². The Morgan fingerprint density at radius 3 is 2.61 bits per heavy atom. The van der Waals surface area contributed by atoms with Gasteiger partial charge in [-0.25, -0.2) is 0 Å². The van der Waals surface area contributed by atoms with Gasteiger partial charge in [0.1, 0.15) is 0 Å². The molecular formula is C13H24N4O. The highest BCUT2D eigenvalue weighted by Gasteiger charge is 2.17. The van der Waals surface area contributed by atoms with E-state index in [0.717, 1.165) is 37.8 Å². The molecule has 1 N–H and O–H groups in total. The van der Waals surface area contributed by atoms with Crippen molar-refractivity contribution >= 4 is 5.95 Å². The normalized spacial score (nSPS) is 18.7. The quantitative estimate of drug-likeness (QED) is 0.868. The van der Waals surface area contributed by atoms with Crippen LogP contribution in [0.15, 0.2) is 4.52 Å². The summed E-state index contributed by atoms with van der Waals surface area (Å²) < 4.78 is 5.35. The van der Waals surface area contributed by atoms with E-state index in [0.29, 0.717) is 6.04 Å². The van der Waals surface area contributed by atoms with Crippen LogP contribution in [0, 0.1) is 0 Å². The lowest BCUT2D eigenvalue weighted by Crippen LogP contribution is -2.27. The summed E-state index contributed by atoms with van der Waals surface area (Å²) >= 11 is 0. The van der Waals surface area contributed by atoms with Crippen molar-refractivity contribution in [2.75, 3.05) is 25.0 Å². The van der Waals surface area contributed by atoms with Crippen LogP contribution in [0.1, 0.15) is 44.9 Å². The molecular weight excluding hydrogens is 228 g/mol. The zero-order valence-corrected chi connectivity index (χ0v) is 11.5. The molecule has 0 aromatic carbocycles. The Kier molecular flexibility index (Phi) is 4.99. The molecule has 102 valence electrons. The number of likely N-dealkylation sites (N-methyl/N-ethyl adjacent to an activating group) is 1. The molecule has 5 nitrogen and oxygen atoms in total. The summed E-state index contributed by atoms with van der Waals surface area (Å²) in [5.41, 5.74) is 0. The lowest BCUT2D eigenvalue weighted by Gasteiger charge is -2.16. The van der Waals surface area contributed by atoms with Gasteiger partial charge in [0.25, 0.3) is 5.95 Å².